The maximum absolute atomic E-state index is 11.9. The van der Waals surface area contributed by atoms with Crippen LogP contribution < -0.4 is 39.3 Å². The number of ether oxygens (including phenoxy) is 2. The third-order valence-corrected chi connectivity index (χ3v) is 4.00. The van der Waals surface area contributed by atoms with Gasteiger partial charge in [0.25, 0.3) is 0 Å². The molecule has 0 heterocycles. The van der Waals surface area contributed by atoms with Gasteiger partial charge >= 0.3 is 23.9 Å². The van der Waals surface area contributed by atoms with Gasteiger partial charge < -0.3 is 48.8 Å². The Morgan fingerprint density at radius 1 is 0.688 bits per heavy atom. The predicted octanol–water partition coefficient (Wildman–Crippen LogP) is -3.59. The van der Waals surface area contributed by atoms with Crippen LogP contribution >= 0.6 is 0 Å². The van der Waals surface area contributed by atoms with E-state index < -0.39 is 42.0 Å². The van der Waals surface area contributed by atoms with Gasteiger partial charge in [0.15, 0.2) is 11.9 Å². The first-order valence-electron chi connectivity index (χ1n) is 9.86. The van der Waals surface area contributed by atoms with Gasteiger partial charge in [-0.3, -0.25) is 15.6 Å². The van der Waals surface area contributed by atoms with Crippen molar-refractivity contribution in [1.82, 2.24) is 10.6 Å². The van der Waals surface area contributed by atoms with Crippen molar-refractivity contribution in [1.29, 1.82) is 10.8 Å². The monoisotopic (exact) mass is 459 g/mol. The highest BCUT2D eigenvalue weighted by Gasteiger charge is 2.25. The van der Waals surface area contributed by atoms with Crippen molar-refractivity contribution in [3.05, 3.63) is 0 Å². The summed E-state index contributed by atoms with van der Waals surface area (Å²) >= 11 is 0. The molecule has 15 heteroatoms. The van der Waals surface area contributed by atoms with Gasteiger partial charge in [0.05, 0.1) is 0 Å². The lowest BCUT2D eigenvalue weighted by Gasteiger charge is -2.14. The summed E-state index contributed by atoms with van der Waals surface area (Å²) in [4.78, 5) is 47.2. The molecule has 0 aromatic heterocycles. The van der Waals surface area contributed by atoms with Crippen LogP contribution in [0.4, 0.5) is 0 Å². The van der Waals surface area contributed by atoms with Crippen LogP contribution in [0.25, 0.3) is 0 Å². The van der Waals surface area contributed by atoms with E-state index in [1.54, 1.807) is 0 Å². The first kappa shape index (κ1) is 28.7. The Labute approximate surface area is 185 Å². The summed E-state index contributed by atoms with van der Waals surface area (Å²) in [5.74, 6) is -4.34. The van der Waals surface area contributed by atoms with Crippen LogP contribution in [0.5, 0.6) is 0 Å². The van der Waals surface area contributed by atoms with Crippen LogP contribution in [0.2, 0.25) is 0 Å². The van der Waals surface area contributed by atoms with E-state index >= 15 is 0 Å². The molecule has 3 atom stereocenters. The number of rotatable bonds is 14. The minimum atomic E-state index is -1.31. The first-order chi connectivity index (χ1) is 14.9. The molecule has 0 saturated heterocycles. The normalized spacial score (nSPS) is 13.2. The zero-order chi connectivity index (χ0) is 24.7. The second-order valence-electron chi connectivity index (χ2n) is 6.86. The second-order valence-corrected chi connectivity index (χ2v) is 6.86. The molecule has 0 amide bonds. The van der Waals surface area contributed by atoms with E-state index in [1.807, 2.05) is 0 Å². The molecule has 0 unspecified atom stereocenters. The average molecular weight is 460 g/mol. The van der Waals surface area contributed by atoms with E-state index in [4.69, 9.17) is 39.5 Å². The van der Waals surface area contributed by atoms with Crippen molar-refractivity contribution < 1.29 is 28.7 Å². The van der Waals surface area contributed by atoms with E-state index in [-0.39, 0.29) is 37.6 Å². The molecule has 0 bridgehead atoms. The molecule has 32 heavy (non-hydrogen) atoms. The Bertz CT molecular complexity index is 687. The van der Waals surface area contributed by atoms with Crippen molar-refractivity contribution >= 4 is 35.8 Å². The summed E-state index contributed by atoms with van der Waals surface area (Å²) in [5.41, 5.74) is 27.1. The highest BCUT2D eigenvalue weighted by atomic mass is 16.6. The molecule has 182 valence electrons. The molecule has 0 aliphatic rings. The Hall–Kier alpha value is -3.30. The van der Waals surface area contributed by atoms with Gasteiger partial charge in [-0.25, -0.2) is 14.4 Å². The van der Waals surface area contributed by atoms with Crippen LogP contribution in [0.3, 0.4) is 0 Å². The lowest BCUT2D eigenvalue weighted by Crippen LogP contribution is -2.40. The maximum Gasteiger partial charge on any atom is 0.330 e. The minimum absolute atomic E-state index is 0.182. The molecule has 0 saturated carbocycles. The number of hydrogen-bond donors (Lipinski definition) is 9. The molecule has 14 N–H and O–H groups in total. The number of carbonyl (C=O) groups excluding carboxylic acids is 4. The lowest BCUT2D eigenvalue weighted by molar-refractivity contribution is -0.161. The van der Waals surface area contributed by atoms with Gasteiger partial charge in [-0.15, -0.1) is 0 Å². The van der Waals surface area contributed by atoms with Crippen LogP contribution in [0.1, 0.15) is 38.5 Å². The van der Waals surface area contributed by atoms with E-state index in [0.717, 1.165) is 0 Å². The Kier molecular flexibility index (Phi) is 13.9. The van der Waals surface area contributed by atoms with Crippen molar-refractivity contribution in [3.63, 3.8) is 0 Å². The van der Waals surface area contributed by atoms with E-state index in [1.165, 1.54) is 0 Å². The van der Waals surface area contributed by atoms with Crippen LogP contribution in [-0.2, 0) is 28.7 Å². The third kappa shape index (κ3) is 13.8. The molecule has 0 aliphatic carbocycles. The van der Waals surface area contributed by atoms with Crippen molar-refractivity contribution in [2.45, 2.75) is 56.7 Å². The van der Waals surface area contributed by atoms with Crippen molar-refractivity contribution in [3.8, 4) is 0 Å². The fraction of sp³-hybridized carbons (Fsp3) is 0.647. The first-order valence-corrected chi connectivity index (χ1v) is 9.86. The van der Waals surface area contributed by atoms with Gasteiger partial charge in [0, 0.05) is 19.5 Å². The third-order valence-electron chi connectivity index (χ3n) is 4.00. The predicted molar refractivity (Wildman–Crippen MR) is 114 cm³/mol. The van der Waals surface area contributed by atoms with Crippen molar-refractivity contribution in [2.75, 3.05) is 13.1 Å². The maximum atomic E-state index is 11.9. The quantitative estimate of drug-likeness (QED) is 0.0399. The summed E-state index contributed by atoms with van der Waals surface area (Å²) in [7, 11) is 0. The number of carbonyl (C=O) groups is 4. The molecule has 0 spiro atoms. The van der Waals surface area contributed by atoms with Crippen LogP contribution in [-0.4, -0.2) is 67.0 Å². The van der Waals surface area contributed by atoms with Crippen molar-refractivity contribution in [2.24, 2.45) is 28.7 Å². The fourth-order valence-corrected chi connectivity index (χ4v) is 2.21. The second kappa shape index (κ2) is 15.5. The number of nitrogens with one attached hydrogen (secondary N) is 4. The number of esters is 4. The molecule has 0 aromatic carbocycles. The molecule has 0 fully saturated rings. The SMILES string of the molecule is N=C(N)NCCC[C@@H](N)C(=O)OC(=O)CC[C@@H](N)C(=O)OC(=O)[C@H](N)CCCNC(=N)N. The van der Waals surface area contributed by atoms with Crippen LogP contribution in [0.15, 0.2) is 0 Å². The van der Waals surface area contributed by atoms with Gasteiger partial charge in [-0.05, 0) is 32.1 Å². The molecule has 15 nitrogen and oxygen atoms in total. The molecular formula is C17H33N9O6. The summed E-state index contributed by atoms with van der Waals surface area (Å²) in [6.45, 7) is 0.655. The summed E-state index contributed by atoms with van der Waals surface area (Å²) in [5, 5.41) is 19.1. The highest BCUT2D eigenvalue weighted by Crippen LogP contribution is 2.04. The zero-order valence-electron chi connectivity index (χ0n) is 17.7. The van der Waals surface area contributed by atoms with Gasteiger partial charge in [-0.1, -0.05) is 0 Å². The zero-order valence-corrected chi connectivity index (χ0v) is 17.7. The fourth-order valence-electron chi connectivity index (χ4n) is 2.21. The summed E-state index contributed by atoms with van der Waals surface area (Å²) in [6, 6.07) is -3.43. The van der Waals surface area contributed by atoms with Gasteiger partial charge in [-0.2, -0.15) is 0 Å². The number of guanidine groups is 2. The Balaban J connectivity index is 4.18. The van der Waals surface area contributed by atoms with E-state index in [0.29, 0.717) is 25.9 Å². The number of nitrogens with two attached hydrogens (primary N) is 5. The topological polar surface area (TPSA) is 289 Å². The van der Waals surface area contributed by atoms with Gasteiger partial charge in [0.2, 0.25) is 0 Å². The Morgan fingerprint density at radius 3 is 1.47 bits per heavy atom. The molecular weight excluding hydrogens is 426 g/mol. The molecule has 0 radical (unpaired) electrons. The standard InChI is InChI=1S/C17H33N9O6/c18-9(3-1-7-25-16(21)22)13(28)31-12(27)6-5-11(20)15(30)32-14(29)10(19)4-2-8-26-17(23)24/h9-11H,1-8,18-20H2,(H4,21,22,25)(H4,23,24,26)/t9-,10-,11-/m1/s1. The summed E-state index contributed by atoms with van der Waals surface area (Å²) < 4.78 is 9.19. The molecule has 0 aromatic rings. The lowest BCUT2D eigenvalue weighted by atomic mass is 10.1. The Morgan fingerprint density at radius 2 is 1.06 bits per heavy atom. The average Bonchev–Trinajstić information content (AvgIpc) is 2.71. The largest absolute Gasteiger partial charge is 0.392 e. The number of hydrogen-bond acceptors (Lipinski definition) is 11. The molecule has 0 aliphatic heterocycles. The van der Waals surface area contributed by atoms with E-state index in [9.17, 15) is 19.2 Å². The molecule has 0 rings (SSSR count). The van der Waals surface area contributed by atoms with E-state index in [2.05, 4.69) is 20.1 Å². The minimum Gasteiger partial charge on any atom is -0.392 e. The van der Waals surface area contributed by atoms with Crippen LogP contribution in [0, 0.1) is 10.8 Å². The highest BCUT2D eigenvalue weighted by molar-refractivity contribution is 5.91. The smallest absolute Gasteiger partial charge is 0.330 e. The summed E-state index contributed by atoms with van der Waals surface area (Å²) in [6.07, 6.45) is 0.605. The van der Waals surface area contributed by atoms with Gasteiger partial charge in [0.1, 0.15) is 18.1 Å².